The molecule has 0 aromatic carbocycles. The van der Waals surface area contributed by atoms with Crippen LogP contribution in [0.2, 0.25) is 0 Å². The molecule has 0 aliphatic carbocycles. The standard InChI is InChI=1S/C6H5O3P.Co/c1-10(6-9,4-2-7)5-3-8;/h4-5H,1H3;. The summed E-state index contributed by atoms with van der Waals surface area (Å²) in [6.45, 7) is -0.885. The number of carbonyl (C=O) groups excluding carboxylic acids is 3. The molecule has 0 rings (SSSR count). The Kier molecular flexibility index (Phi) is 7.29. The van der Waals surface area contributed by atoms with E-state index in [4.69, 9.17) is 0 Å². The SMILES string of the molecule is CP(=C=O)(C=C=O)C=C=O.[Co]. The van der Waals surface area contributed by atoms with E-state index >= 15 is 0 Å². The van der Waals surface area contributed by atoms with Gasteiger partial charge in [0.1, 0.15) is 17.5 Å². The fourth-order valence-corrected chi connectivity index (χ4v) is 0.927. The van der Waals surface area contributed by atoms with Crippen LogP contribution in [-0.2, 0) is 31.2 Å². The van der Waals surface area contributed by atoms with Gasteiger partial charge in [0.2, 0.25) is 0 Å². The Hall–Kier alpha value is -0.584. The van der Waals surface area contributed by atoms with E-state index in [2.05, 4.69) is 0 Å². The van der Waals surface area contributed by atoms with Crippen LogP contribution >= 0.6 is 6.89 Å². The van der Waals surface area contributed by atoms with Gasteiger partial charge in [-0.2, -0.15) is 0 Å². The smallest absolute Gasteiger partial charge is 0.125 e. The monoisotopic (exact) mass is 215 g/mol. The van der Waals surface area contributed by atoms with Crippen LogP contribution < -0.4 is 0 Å². The van der Waals surface area contributed by atoms with Crippen LogP contribution in [0.4, 0.5) is 0 Å². The van der Waals surface area contributed by atoms with Gasteiger partial charge in [-0.3, -0.25) is 0 Å². The minimum absolute atomic E-state index is 0. The van der Waals surface area contributed by atoms with Gasteiger partial charge in [0, 0.05) is 35.3 Å². The van der Waals surface area contributed by atoms with Gasteiger partial charge in [0.05, 0.1) is 0 Å². The predicted octanol–water partition coefficient (Wildman–Crippen LogP) is 0.389. The van der Waals surface area contributed by atoms with E-state index in [1.807, 2.05) is 0 Å². The average Bonchev–Trinajstić information content (AvgIpc) is 1.89. The third-order valence-corrected chi connectivity index (χ3v) is 2.52. The Balaban J connectivity index is 0. The van der Waals surface area contributed by atoms with E-state index < -0.39 is 6.89 Å². The van der Waals surface area contributed by atoms with Crippen LogP contribution in [-0.4, -0.2) is 24.2 Å². The zero-order valence-electron chi connectivity index (χ0n) is 5.66. The Bertz CT molecular complexity index is 269. The normalized spacial score (nSPS) is 12.1. The van der Waals surface area contributed by atoms with E-state index in [0.29, 0.717) is 0 Å². The molecule has 0 saturated carbocycles. The maximum Gasteiger partial charge on any atom is 0.125 e. The van der Waals surface area contributed by atoms with Gasteiger partial charge in [0.25, 0.3) is 0 Å². The van der Waals surface area contributed by atoms with Crippen LogP contribution in [0.3, 0.4) is 0 Å². The molecule has 0 spiro atoms. The van der Waals surface area contributed by atoms with E-state index in [1.54, 1.807) is 5.66 Å². The molecule has 0 bridgehead atoms. The fourth-order valence-electron chi connectivity index (χ4n) is 0.309. The molecule has 0 aromatic rings. The summed E-state index contributed by atoms with van der Waals surface area (Å²) in [4.78, 5) is 29.7. The van der Waals surface area contributed by atoms with Gasteiger partial charge < -0.3 is 0 Å². The molecule has 0 unspecified atom stereocenters. The molecule has 5 heteroatoms. The Morgan fingerprint density at radius 2 is 1.45 bits per heavy atom. The third-order valence-electron chi connectivity index (χ3n) is 0.838. The van der Waals surface area contributed by atoms with Crippen molar-refractivity contribution in [3.05, 3.63) is 11.6 Å². The second kappa shape index (κ2) is 6.15. The maximum atomic E-state index is 10.1. The van der Waals surface area contributed by atoms with Crippen molar-refractivity contribution in [2.75, 3.05) is 6.66 Å². The van der Waals surface area contributed by atoms with Crippen molar-refractivity contribution in [1.82, 2.24) is 0 Å². The Labute approximate surface area is 74.3 Å². The topological polar surface area (TPSA) is 51.2 Å². The molecule has 61 valence electrons. The van der Waals surface area contributed by atoms with Gasteiger partial charge in [-0.1, -0.05) is 0 Å². The van der Waals surface area contributed by atoms with Crippen LogP contribution in [0.1, 0.15) is 0 Å². The maximum absolute atomic E-state index is 10.1. The quantitative estimate of drug-likeness (QED) is 0.494. The first-order valence-corrected chi connectivity index (χ1v) is 4.75. The molecule has 0 saturated heterocycles. The number of rotatable bonds is 2. The summed E-state index contributed by atoms with van der Waals surface area (Å²) in [6, 6.07) is 0. The first-order valence-electron chi connectivity index (χ1n) is 2.38. The third kappa shape index (κ3) is 4.77. The summed E-state index contributed by atoms with van der Waals surface area (Å²) in [6.07, 6.45) is 0. The molecule has 0 fully saturated rings. The molecule has 0 amide bonds. The fraction of sp³-hybridized carbons (Fsp3) is 0.167. The molecular weight excluding hydrogens is 210 g/mol. The van der Waals surface area contributed by atoms with Gasteiger partial charge in [-0.05, 0) is 6.66 Å². The van der Waals surface area contributed by atoms with E-state index in [0.717, 1.165) is 11.6 Å². The molecule has 3 nitrogen and oxygen atoms in total. The number of hydrogen-bond acceptors (Lipinski definition) is 3. The summed E-state index contributed by atoms with van der Waals surface area (Å²) < 4.78 is 0. The van der Waals surface area contributed by atoms with Crippen molar-refractivity contribution in [1.29, 1.82) is 0 Å². The van der Waals surface area contributed by atoms with Crippen LogP contribution in [0.15, 0.2) is 11.6 Å². The summed E-state index contributed by atoms with van der Waals surface area (Å²) in [7, 11) is 0. The zero-order valence-corrected chi connectivity index (χ0v) is 7.60. The van der Waals surface area contributed by atoms with Gasteiger partial charge in [-0.15, -0.1) is 0 Å². The van der Waals surface area contributed by atoms with Crippen molar-refractivity contribution in [3.8, 4) is 0 Å². The first-order chi connectivity index (χ1) is 4.68. The minimum Gasteiger partial charge on any atom is -0.234 e. The zero-order chi connectivity index (χ0) is 8.04. The largest absolute Gasteiger partial charge is 0.234 e. The molecule has 0 atom stereocenters. The molecule has 0 aliphatic rings. The summed E-state index contributed by atoms with van der Waals surface area (Å²) in [5, 5.41) is 0. The van der Waals surface area contributed by atoms with Crippen molar-refractivity contribution < 1.29 is 31.2 Å². The second-order valence-electron chi connectivity index (χ2n) is 1.73. The number of hydrogen-bond donors (Lipinski definition) is 0. The predicted molar refractivity (Wildman–Crippen MR) is 39.1 cm³/mol. The van der Waals surface area contributed by atoms with E-state index in [1.165, 1.54) is 18.5 Å². The van der Waals surface area contributed by atoms with Crippen molar-refractivity contribution in [2.45, 2.75) is 0 Å². The minimum atomic E-state index is -2.35. The van der Waals surface area contributed by atoms with Crippen molar-refractivity contribution in [2.24, 2.45) is 0 Å². The molecular formula is C6H5CoO3P. The van der Waals surface area contributed by atoms with Gasteiger partial charge in [-0.25, -0.2) is 14.4 Å². The second-order valence-corrected chi connectivity index (χ2v) is 4.73. The molecule has 0 N–H and O–H groups in total. The Morgan fingerprint density at radius 3 is 1.64 bits per heavy atom. The van der Waals surface area contributed by atoms with Crippen molar-refractivity contribution in [3.63, 3.8) is 0 Å². The molecule has 0 heterocycles. The summed E-state index contributed by atoms with van der Waals surface area (Å²) >= 11 is 0. The summed E-state index contributed by atoms with van der Waals surface area (Å²) in [5.74, 6) is 4.93. The van der Waals surface area contributed by atoms with Crippen molar-refractivity contribution >= 4 is 24.4 Å². The summed E-state index contributed by atoms with van der Waals surface area (Å²) in [5.41, 5.74) is 1.61. The Morgan fingerprint density at radius 1 is 1.09 bits per heavy atom. The van der Waals surface area contributed by atoms with E-state index in [-0.39, 0.29) is 16.8 Å². The van der Waals surface area contributed by atoms with Gasteiger partial charge >= 0.3 is 0 Å². The molecule has 0 aliphatic heterocycles. The molecule has 11 heavy (non-hydrogen) atoms. The van der Waals surface area contributed by atoms with Gasteiger partial charge in [0.15, 0.2) is 0 Å². The molecule has 0 aromatic heterocycles. The van der Waals surface area contributed by atoms with Crippen LogP contribution in [0.25, 0.3) is 0 Å². The van der Waals surface area contributed by atoms with Crippen LogP contribution in [0.5, 0.6) is 0 Å². The first kappa shape index (κ1) is 13.0. The molecule has 1 radical (unpaired) electrons. The average molecular weight is 215 g/mol. The van der Waals surface area contributed by atoms with Crippen LogP contribution in [0, 0.1) is 0 Å². The van der Waals surface area contributed by atoms with E-state index in [9.17, 15) is 14.4 Å².